The molecule has 0 bridgehead atoms. The van der Waals surface area contributed by atoms with Crippen LogP contribution in [0, 0.1) is 0 Å². The first-order valence-electron chi connectivity index (χ1n) is 8.10. The van der Waals surface area contributed by atoms with Crippen molar-refractivity contribution in [2.75, 3.05) is 29.5 Å². The van der Waals surface area contributed by atoms with Crippen LogP contribution in [-0.2, 0) is 9.84 Å². The molecule has 0 unspecified atom stereocenters. The third-order valence-electron chi connectivity index (χ3n) is 4.83. The fourth-order valence-corrected chi connectivity index (χ4v) is 5.31. The van der Waals surface area contributed by atoms with E-state index in [0.717, 1.165) is 49.2 Å². The third-order valence-corrected chi connectivity index (χ3v) is 6.60. The molecular weight excluding hydrogens is 314 g/mol. The first-order valence-corrected chi connectivity index (χ1v) is 9.92. The molecule has 2 aliphatic heterocycles. The average molecular weight is 335 g/mol. The second-order valence-electron chi connectivity index (χ2n) is 6.47. The summed E-state index contributed by atoms with van der Waals surface area (Å²) in [5.41, 5.74) is 0.867. The van der Waals surface area contributed by atoms with E-state index in [2.05, 4.69) is 25.2 Å². The van der Waals surface area contributed by atoms with Crippen LogP contribution in [0.15, 0.2) is 18.6 Å². The van der Waals surface area contributed by atoms with Crippen molar-refractivity contribution in [1.82, 2.24) is 20.3 Å². The Kier molecular flexibility index (Phi) is 3.73. The molecule has 0 spiro atoms. The molecule has 0 radical (unpaired) electrons. The number of nitrogens with zero attached hydrogens (tertiary/aromatic N) is 3. The predicted molar refractivity (Wildman–Crippen MR) is 89.3 cm³/mol. The molecule has 0 amide bonds. The molecule has 2 aromatic heterocycles. The summed E-state index contributed by atoms with van der Waals surface area (Å²) in [4.78, 5) is 14.1. The van der Waals surface area contributed by atoms with Gasteiger partial charge in [0.2, 0.25) is 0 Å². The normalized spacial score (nSPS) is 25.2. The molecule has 23 heavy (non-hydrogen) atoms. The van der Waals surface area contributed by atoms with E-state index >= 15 is 0 Å². The molecular formula is C15H21N5O2S. The molecule has 0 aromatic carbocycles. The lowest BCUT2D eigenvalue weighted by Gasteiger charge is -2.34. The molecule has 2 aliphatic rings. The standard InChI is InChI=1S/C15H21N5O2S/c21-23(22)8-4-12(9-23)19-11-2-6-20(7-3-11)15-13-1-5-16-14(13)17-10-18-15/h1,5,10-12,19H,2-4,6-9H2,(H,16,17,18)/t12-/m0/s1. The van der Waals surface area contributed by atoms with E-state index < -0.39 is 9.84 Å². The zero-order chi connectivity index (χ0) is 15.9. The van der Waals surface area contributed by atoms with E-state index in [1.807, 2.05) is 12.3 Å². The lowest BCUT2D eigenvalue weighted by atomic mass is 10.0. The van der Waals surface area contributed by atoms with Crippen molar-refractivity contribution in [3.8, 4) is 0 Å². The van der Waals surface area contributed by atoms with Crippen LogP contribution in [-0.4, -0.2) is 60.0 Å². The van der Waals surface area contributed by atoms with Gasteiger partial charge in [0.05, 0.1) is 16.9 Å². The first-order chi connectivity index (χ1) is 11.1. The van der Waals surface area contributed by atoms with Crippen LogP contribution in [0.2, 0.25) is 0 Å². The highest BCUT2D eigenvalue weighted by atomic mass is 32.2. The Labute approximate surface area is 135 Å². The SMILES string of the molecule is O=S1(=O)CC[C@H](NC2CCN(c3ncnc4[nH]ccc34)CC2)C1. The number of sulfone groups is 1. The summed E-state index contributed by atoms with van der Waals surface area (Å²) in [6.07, 6.45) is 6.25. The second kappa shape index (κ2) is 5.76. The van der Waals surface area contributed by atoms with Gasteiger partial charge in [-0.05, 0) is 25.3 Å². The number of hydrogen-bond donors (Lipinski definition) is 2. The Morgan fingerprint density at radius 2 is 2.00 bits per heavy atom. The van der Waals surface area contributed by atoms with Crippen molar-refractivity contribution in [2.24, 2.45) is 0 Å². The molecule has 124 valence electrons. The fourth-order valence-electron chi connectivity index (χ4n) is 3.63. The molecule has 4 rings (SSSR count). The van der Waals surface area contributed by atoms with Gasteiger partial charge in [0.25, 0.3) is 0 Å². The molecule has 2 fully saturated rings. The smallest absolute Gasteiger partial charge is 0.151 e. The van der Waals surface area contributed by atoms with E-state index in [1.54, 1.807) is 6.33 Å². The number of fused-ring (bicyclic) bond motifs is 1. The lowest BCUT2D eigenvalue weighted by Crippen LogP contribution is -2.46. The largest absolute Gasteiger partial charge is 0.356 e. The zero-order valence-electron chi connectivity index (χ0n) is 12.9. The highest BCUT2D eigenvalue weighted by Gasteiger charge is 2.30. The summed E-state index contributed by atoms with van der Waals surface area (Å²) in [7, 11) is -2.81. The van der Waals surface area contributed by atoms with Gasteiger partial charge in [-0.25, -0.2) is 18.4 Å². The van der Waals surface area contributed by atoms with E-state index in [-0.39, 0.29) is 6.04 Å². The van der Waals surface area contributed by atoms with E-state index in [9.17, 15) is 8.42 Å². The molecule has 7 nitrogen and oxygen atoms in total. The first kappa shape index (κ1) is 14.9. The monoisotopic (exact) mass is 335 g/mol. The molecule has 2 N–H and O–H groups in total. The third kappa shape index (κ3) is 3.05. The number of anilines is 1. The number of aromatic nitrogens is 3. The Bertz CT molecular complexity index is 795. The maximum atomic E-state index is 11.6. The van der Waals surface area contributed by atoms with E-state index in [1.165, 1.54) is 0 Å². The van der Waals surface area contributed by atoms with Crippen molar-refractivity contribution in [1.29, 1.82) is 0 Å². The molecule has 1 atom stereocenters. The molecule has 0 aliphatic carbocycles. The predicted octanol–water partition coefficient (Wildman–Crippen LogP) is 0.703. The fraction of sp³-hybridized carbons (Fsp3) is 0.600. The minimum absolute atomic E-state index is 0.131. The number of H-pyrrole nitrogens is 1. The van der Waals surface area contributed by atoms with Gasteiger partial charge < -0.3 is 15.2 Å². The van der Waals surface area contributed by atoms with Crippen molar-refractivity contribution in [2.45, 2.75) is 31.3 Å². The van der Waals surface area contributed by atoms with Crippen LogP contribution in [0.1, 0.15) is 19.3 Å². The summed E-state index contributed by atoms with van der Waals surface area (Å²) >= 11 is 0. The summed E-state index contributed by atoms with van der Waals surface area (Å²) < 4.78 is 23.1. The van der Waals surface area contributed by atoms with Crippen molar-refractivity contribution in [3.05, 3.63) is 18.6 Å². The Morgan fingerprint density at radius 3 is 2.74 bits per heavy atom. The number of rotatable bonds is 3. The summed E-state index contributed by atoms with van der Waals surface area (Å²) in [5, 5.41) is 4.59. The van der Waals surface area contributed by atoms with Crippen LogP contribution in [0.3, 0.4) is 0 Å². The lowest BCUT2D eigenvalue weighted by molar-refractivity contribution is 0.378. The number of piperidine rings is 1. The van der Waals surface area contributed by atoms with Gasteiger partial charge in [-0.2, -0.15) is 0 Å². The van der Waals surface area contributed by atoms with Gasteiger partial charge in [-0.3, -0.25) is 0 Å². The maximum absolute atomic E-state index is 11.6. The summed E-state index contributed by atoms with van der Waals surface area (Å²) in [5.74, 6) is 1.61. The van der Waals surface area contributed by atoms with Crippen molar-refractivity contribution in [3.63, 3.8) is 0 Å². The van der Waals surface area contributed by atoms with Gasteiger partial charge >= 0.3 is 0 Å². The number of hydrogen-bond acceptors (Lipinski definition) is 6. The van der Waals surface area contributed by atoms with Gasteiger partial charge in [0.1, 0.15) is 17.8 Å². The maximum Gasteiger partial charge on any atom is 0.151 e. The van der Waals surface area contributed by atoms with Crippen LogP contribution >= 0.6 is 0 Å². The van der Waals surface area contributed by atoms with Gasteiger partial charge in [0, 0.05) is 31.4 Å². The topological polar surface area (TPSA) is 91.0 Å². The summed E-state index contributed by atoms with van der Waals surface area (Å²) in [6.45, 7) is 1.85. The number of aromatic amines is 1. The molecule has 4 heterocycles. The molecule has 2 aromatic rings. The highest BCUT2D eigenvalue weighted by Crippen LogP contribution is 2.25. The molecule has 8 heteroatoms. The van der Waals surface area contributed by atoms with E-state index in [4.69, 9.17) is 0 Å². The van der Waals surface area contributed by atoms with Crippen LogP contribution in [0.25, 0.3) is 11.0 Å². The van der Waals surface area contributed by atoms with Crippen LogP contribution in [0.4, 0.5) is 5.82 Å². The number of nitrogens with one attached hydrogen (secondary N) is 2. The molecule has 0 saturated carbocycles. The average Bonchev–Trinajstić information content (AvgIpc) is 3.14. The highest BCUT2D eigenvalue weighted by molar-refractivity contribution is 7.91. The van der Waals surface area contributed by atoms with Crippen LogP contribution in [0.5, 0.6) is 0 Å². The van der Waals surface area contributed by atoms with Crippen molar-refractivity contribution < 1.29 is 8.42 Å². The Balaban J connectivity index is 1.39. The zero-order valence-corrected chi connectivity index (χ0v) is 13.7. The van der Waals surface area contributed by atoms with Gasteiger partial charge in [0.15, 0.2) is 9.84 Å². The quantitative estimate of drug-likeness (QED) is 0.858. The minimum Gasteiger partial charge on any atom is -0.356 e. The Morgan fingerprint density at radius 1 is 1.17 bits per heavy atom. The minimum atomic E-state index is -2.81. The summed E-state index contributed by atoms with van der Waals surface area (Å²) in [6, 6.07) is 2.54. The van der Waals surface area contributed by atoms with Gasteiger partial charge in [-0.15, -0.1) is 0 Å². The molecule has 2 saturated heterocycles. The van der Waals surface area contributed by atoms with E-state index in [0.29, 0.717) is 17.5 Å². The second-order valence-corrected chi connectivity index (χ2v) is 8.69. The van der Waals surface area contributed by atoms with Crippen LogP contribution < -0.4 is 10.2 Å². The van der Waals surface area contributed by atoms with Gasteiger partial charge in [-0.1, -0.05) is 0 Å². The van der Waals surface area contributed by atoms with Crippen molar-refractivity contribution >= 4 is 26.7 Å². The Hall–Kier alpha value is -1.67.